The molecule has 2 heteroatoms. The van der Waals surface area contributed by atoms with Crippen molar-refractivity contribution in [1.82, 2.24) is 0 Å². The van der Waals surface area contributed by atoms with E-state index in [9.17, 15) is 4.79 Å². The van der Waals surface area contributed by atoms with Crippen LogP contribution in [0.2, 0.25) is 0 Å². The third-order valence-electron chi connectivity index (χ3n) is 0.287. The first-order valence-corrected chi connectivity index (χ1v) is 2.87. The van der Waals surface area contributed by atoms with Crippen molar-refractivity contribution in [3.63, 3.8) is 0 Å². The number of hydrogen-bond acceptors (Lipinski definition) is 1. The average molecular weight is 90.1 g/mol. The minimum Gasteiger partial charge on any atom is -0.299 e. The highest BCUT2D eigenvalue weighted by Crippen LogP contribution is 1.97. The molecule has 0 bridgehead atoms. The Kier molecular flexibility index (Phi) is 4.18. The first kappa shape index (κ1) is 5.10. The molecule has 0 aromatic heterocycles. The standard InChI is InChI=1S/C3H7OP/c1-2-5-3-4/h3,5H,2H2,1H3. The maximum atomic E-state index is 9.42. The molecule has 0 fully saturated rings. The fraction of sp³-hybridized carbons (Fsp3) is 0.667. The Morgan fingerprint density at radius 1 is 2.00 bits per heavy atom. The molecular formula is C3H7OP. The van der Waals surface area contributed by atoms with Gasteiger partial charge in [-0.1, -0.05) is 15.5 Å². The SMILES string of the molecule is CCPC=O. The third-order valence-corrected chi connectivity index (χ3v) is 0.862. The fourth-order valence-corrected chi connectivity index (χ4v) is 0.250. The molecule has 0 amide bonds. The van der Waals surface area contributed by atoms with Crippen LogP contribution >= 0.6 is 8.58 Å². The van der Waals surface area contributed by atoms with E-state index in [1.54, 1.807) is 0 Å². The van der Waals surface area contributed by atoms with E-state index in [0.717, 1.165) is 12.2 Å². The van der Waals surface area contributed by atoms with Crippen LogP contribution in [0.5, 0.6) is 0 Å². The average Bonchev–Trinajstić information content (AvgIpc) is 1.41. The summed E-state index contributed by atoms with van der Waals surface area (Å²) in [6, 6.07) is 0.958. The largest absolute Gasteiger partial charge is 0.299 e. The van der Waals surface area contributed by atoms with Gasteiger partial charge in [0.1, 0.15) is 6.03 Å². The lowest BCUT2D eigenvalue weighted by Crippen LogP contribution is -1.55. The van der Waals surface area contributed by atoms with Crippen molar-refractivity contribution in [3.8, 4) is 0 Å². The summed E-state index contributed by atoms with van der Waals surface area (Å²) in [6.07, 6.45) is 1.00. The zero-order chi connectivity index (χ0) is 4.12. The van der Waals surface area contributed by atoms with Gasteiger partial charge in [0.2, 0.25) is 0 Å². The summed E-state index contributed by atoms with van der Waals surface area (Å²) in [7, 11) is 0.517. The summed E-state index contributed by atoms with van der Waals surface area (Å²) in [5.41, 5.74) is 0. The molecule has 1 nitrogen and oxygen atoms in total. The van der Waals surface area contributed by atoms with Crippen LogP contribution in [0.1, 0.15) is 6.92 Å². The van der Waals surface area contributed by atoms with E-state index in [0.29, 0.717) is 8.58 Å². The molecule has 30 valence electrons. The predicted octanol–water partition coefficient (Wildman–Crippen LogP) is 0.875. The van der Waals surface area contributed by atoms with Crippen LogP contribution in [0.25, 0.3) is 0 Å². The van der Waals surface area contributed by atoms with E-state index in [1.165, 1.54) is 0 Å². The van der Waals surface area contributed by atoms with Gasteiger partial charge in [0, 0.05) is 0 Å². The third kappa shape index (κ3) is 4.10. The molecule has 5 heavy (non-hydrogen) atoms. The molecule has 0 N–H and O–H groups in total. The van der Waals surface area contributed by atoms with Crippen LogP contribution in [0.4, 0.5) is 0 Å². The van der Waals surface area contributed by atoms with Crippen molar-refractivity contribution in [2.24, 2.45) is 0 Å². The van der Waals surface area contributed by atoms with Crippen molar-refractivity contribution in [2.75, 3.05) is 6.16 Å². The smallest absolute Gasteiger partial charge is 0.138 e. The van der Waals surface area contributed by atoms with E-state index < -0.39 is 0 Å². The van der Waals surface area contributed by atoms with Crippen molar-refractivity contribution < 1.29 is 4.79 Å². The molecule has 1 atom stereocenters. The zero-order valence-electron chi connectivity index (χ0n) is 3.19. The van der Waals surface area contributed by atoms with Crippen LogP contribution < -0.4 is 0 Å². The molecule has 0 rings (SSSR count). The van der Waals surface area contributed by atoms with Gasteiger partial charge < -0.3 is 0 Å². The summed E-state index contributed by atoms with van der Waals surface area (Å²) >= 11 is 0. The van der Waals surface area contributed by atoms with E-state index >= 15 is 0 Å². The second kappa shape index (κ2) is 4.10. The van der Waals surface area contributed by atoms with Gasteiger partial charge in [-0.3, -0.25) is 4.79 Å². The second-order valence-corrected chi connectivity index (χ2v) is 2.03. The first-order chi connectivity index (χ1) is 2.41. The predicted molar refractivity (Wildman–Crippen MR) is 25.6 cm³/mol. The molecule has 0 aliphatic rings. The number of hydrogen-bond donors (Lipinski definition) is 0. The Labute approximate surface area is 33.5 Å². The lowest BCUT2D eigenvalue weighted by Gasteiger charge is -1.69. The van der Waals surface area contributed by atoms with Gasteiger partial charge in [-0.05, 0) is 6.16 Å². The fourth-order valence-electron chi connectivity index (χ4n) is 0.0833. The van der Waals surface area contributed by atoms with Crippen LogP contribution in [0, 0.1) is 0 Å². The quantitative estimate of drug-likeness (QED) is 0.363. The highest BCUT2D eigenvalue weighted by atomic mass is 31.1. The van der Waals surface area contributed by atoms with Gasteiger partial charge in [-0.25, -0.2) is 0 Å². The van der Waals surface area contributed by atoms with E-state index in [1.807, 2.05) is 6.92 Å². The Morgan fingerprint density at radius 2 is 2.60 bits per heavy atom. The number of carbonyl (C=O) groups excluding carboxylic acids is 1. The highest BCUT2D eigenvalue weighted by molar-refractivity contribution is 7.54. The van der Waals surface area contributed by atoms with Crippen molar-refractivity contribution >= 4 is 14.6 Å². The molecule has 1 unspecified atom stereocenters. The summed E-state index contributed by atoms with van der Waals surface area (Å²) in [5, 5.41) is 0. The minimum atomic E-state index is 0.517. The Hall–Kier alpha value is 0.100. The minimum absolute atomic E-state index is 0.517. The number of rotatable bonds is 2. The zero-order valence-corrected chi connectivity index (χ0v) is 4.19. The maximum Gasteiger partial charge on any atom is 0.138 e. The van der Waals surface area contributed by atoms with Crippen molar-refractivity contribution in [1.29, 1.82) is 0 Å². The summed E-state index contributed by atoms with van der Waals surface area (Å²) in [4.78, 5) is 9.42. The summed E-state index contributed by atoms with van der Waals surface area (Å²) < 4.78 is 0. The molecule has 0 aromatic carbocycles. The summed E-state index contributed by atoms with van der Waals surface area (Å²) in [5.74, 6) is 0. The Morgan fingerprint density at radius 3 is 2.60 bits per heavy atom. The monoisotopic (exact) mass is 90.0 g/mol. The van der Waals surface area contributed by atoms with E-state index in [-0.39, 0.29) is 0 Å². The maximum absolute atomic E-state index is 9.42. The topological polar surface area (TPSA) is 17.1 Å². The van der Waals surface area contributed by atoms with Crippen LogP contribution in [0.3, 0.4) is 0 Å². The molecular weight excluding hydrogens is 83.0 g/mol. The molecule has 0 saturated carbocycles. The van der Waals surface area contributed by atoms with Gasteiger partial charge in [0.25, 0.3) is 0 Å². The van der Waals surface area contributed by atoms with Gasteiger partial charge in [0.05, 0.1) is 0 Å². The van der Waals surface area contributed by atoms with E-state index in [2.05, 4.69) is 0 Å². The van der Waals surface area contributed by atoms with Crippen LogP contribution in [-0.2, 0) is 4.79 Å². The van der Waals surface area contributed by atoms with Gasteiger partial charge >= 0.3 is 0 Å². The summed E-state index contributed by atoms with van der Waals surface area (Å²) in [6.45, 7) is 1.99. The normalized spacial score (nSPS) is 9.80. The lowest BCUT2D eigenvalue weighted by atomic mass is 11.0. The molecule has 0 saturated heterocycles. The second-order valence-electron chi connectivity index (χ2n) is 0.676. The molecule has 0 spiro atoms. The van der Waals surface area contributed by atoms with Gasteiger partial charge in [-0.2, -0.15) is 0 Å². The molecule has 0 aliphatic heterocycles. The van der Waals surface area contributed by atoms with Gasteiger partial charge in [0.15, 0.2) is 0 Å². The molecule has 0 aromatic rings. The van der Waals surface area contributed by atoms with Crippen molar-refractivity contribution in [2.45, 2.75) is 6.92 Å². The molecule has 0 radical (unpaired) electrons. The van der Waals surface area contributed by atoms with Crippen molar-refractivity contribution in [3.05, 3.63) is 0 Å². The molecule has 0 heterocycles. The Balaban J connectivity index is 2.40. The number of carbonyl (C=O) groups is 1. The van der Waals surface area contributed by atoms with E-state index in [4.69, 9.17) is 0 Å². The lowest BCUT2D eigenvalue weighted by molar-refractivity contribution is 0.569. The Bertz CT molecular complexity index is 28.1. The van der Waals surface area contributed by atoms with Crippen LogP contribution in [0.15, 0.2) is 0 Å². The van der Waals surface area contributed by atoms with Gasteiger partial charge in [-0.15, -0.1) is 0 Å². The highest BCUT2D eigenvalue weighted by Gasteiger charge is 1.65. The van der Waals surface area contributed by atoms with Crippen LogP contribution in [-0.4, -0.2) is 12.2 Å². The molecule has 0 aliphatic carbocycles. The first-order valence-electron chi connectivity index (χ1n) is 1.59.